The molecule has 0 saturated carbocycles. The van der Waals surface area contributed by atoms with Crippen LogP contribution in [0.5, 0.6) is 5.75 Å². The van der Waals surface area contributed by atoms with Crippen LogP contribution in [0.15, 0.2) is 119 Å². The molecule has 1 unspecified atom stereocenters. The molecule has 0 aliphatic heterocycles. The third kappa shape index (κ3) is 5.90. The van der Waals surface area contributed by atoms with E-state index in [1.165, 1.54) is 11.1 Å². The minimum Gasteiger partial charge on any atom is -0.507 e. The fraction of sp³-hybridized carbons (Fsp3) is 0.0667. The van der Waals surface area contributed by atoms with Crippen LogP contribution >= 0.6 is 11.8 Å². The van der Waals surface area contributed by atoms with Gasteiger partial charge in [-0.25, -0.2) is 4.98 Å². The summed E-state index contributed by atoms with van der Waals surface area (Å²) in [5.74, 6) is 0.424. The van der Waals surface area contributed by atoms with Crippen LogP contribution in [0.25, 0.3) is 22.5 Å². The molecule has 5 aromatic rings. The van der Waals surface area contributed by atoms with Crippen molar-refractivity contribution in [3.8, 4) is 28.3 Å². The van der Waals surface area contributed by atoms with Crippen LogP contribution in [-0.2, 0) is 21.1 Å². The first-order chi connectivity index (χ1) is 16.7. The summed E-state index contributed by atoms with van der Waals surface area (Å²) in [4.78, 5) is 10.3. The molecule has 0 radical (unpaired) electrons. The summed E-state index contributed by atoms with van der Waals surface area (Å²) in [6.07, 6.45) is 1.80. The number of benzene rings is 3. The molecule has 5 heteroatoms. The average molecular weight is 655 g/mol. The first-order valence-corrected chi connectivity index (χ1v) is 12.0. The number of hydrogen-bond acceptors (Lipinski definition) is 4. The van der Waals surface area contributed by atoms with Gasteiger partial charge in [-0.2, -0.15) is 0 Å². The molecule has 5 rings (SSSR count). The molecule has 176 valence electrons. The number of para-hydroxylation sites is 1. The molecule has 1 atom stereocenters. The molecule has 2 aromatic heterocycles. The number of hydrogen-bond donors (Lipinski definition) is 1. The van der Waals surface area contributed by atoms with Crippen molar-refractivity contribution in [3.63, 3.8) is 0 Å². The average Bonchev–Trinajstić information content (AvgIpc) is 2.89. The Morgan fingerprint density at radius 3 is 2.29 bits per heavy atom. The summed E-state index contributed by atoms with van der Waals surface area (Å²) in [6.45, 7) is 2.22. The zero-order chi connectivity index (χ0) is 23.3. The van der Waals surface area contributed by atoms with Crippen molar-refractivity contribution in [3.05, 3.63) is 127 Å². The monoisotopic (exact) mass is 654 g/mol. The smallest absolute Gasteiger partial charge is 0.124 e. The van der Waals surface area contributed by atoms with E-state index in [0.717, 1.165) is 26.9 Å². The quantitative estimate of drug-likeness (QED) is 0.192. The van der Waals surface area contributed by atoms with Crippen molar-refractivity contribution < 1.29 is 26.2 Å². The van der Waals surface area contributed by atoms with Crippen LogP contribution < -0.4 is 0 Å². The zero-order valence-electron chi connectivity index (χ0n) is 19.0. The van der Waals surface area contributed by atoms with E-state index in [4.69, 9.17) is 4.98 Å². The molecule has 3 aromatic carbocycles. The second-order valence-electron chi connectivity index (χ2n) is 8.02. The molecule has 0 bridgehead atoms. The Morgan fingerprint density at radius 1 is 0.771 bits per heavy atom. The van der Waals surface area contributed by atoms with Crippen LogP contribution in [0, 0.1) is 6.07 Å². The van der Waals surface area contributed by atoms with Gasteiger partial charge < -0.3 is 5.11 Å². The molecule has 0 fully saturated rings. The van der Waals surface area contributed by atoms with Gasteiger partial charge in [0.2, 0.25) is 0 Å². The van der Waals surface area contributed by atoms with Gasteiger partial charge in [-0.15, -0.1) is 29.3 Å². The number of phenols is 1. The number of aromatic nitrogens is 2. The molecule has 2 heterocycles. The minimum atomic E-state index is 0. The Kier molecular flexibility index (Phi) is 8.17. The topological polar surface area (TPSA) is 46.0 Å². The van der Waals surface area contributed by atoms with Crippen molar-refractivity contribution in [1.29, 1.82) is 0 Å². The van der Waals surface area contributed by atoms with Crippen molar-refractivity contribution in [2.24, 2.45) is 0 Å². The second-order valence-corrected chi connectivity index (χ2v) is 9.08. The Labute approximate surface area is 224 Å². The zero-order valence-corrected chi connectivity index (χ0v) is 22.1. The van der Waals surface area contributed by atoms with Gasteiger partial charge >= 0.3 is 0 Å². The van der Waals surface area contributed by atoms with Crippen molar-refractivity contribution in [2.45, 2.75) is 22.8 Å². The molecule has 0 spiro atoms. The number of aromatic hydroxyl groups is 1. The number of nitrogens with zero attached hydrogens (tertiary/aromatic N) is 2. The molecule has 0 amide bonds. The van der Waals surface area contributed by atoms with Gasteiger partial charge in [-0.1, -0.05) is 84.2 Å². The number of pyridine rings is 2. The van der Waals surface area contributed by atoms with Gasteiger partial charge in [-0.05, 0) is 47.5 Å². The van der Waals surface area contributed by atoms with Gasteiger partial charge in [0.1, 0.15) is 5.75 Å². The summed E-state index contributed by atoms with van der Waals surface area (Å²) in [5.41, 5.74) is 5.60. The van der Waals surface area contributed by atoms with E-state index in [9.17, 15) is 5.11 Å². The molecule has 35 heavy (non-hydrogen) atoms. The van der Waals surface area contributed by atoms with Gasteiger partial charge in [-0.3, -0.25) is 4.98 Å². The van der Waals surface area contributed by atoms with Crippen LogP contribution in [0.2, 0.25) is 0 Å². The summed E-state index contributed by atoms with van der Waals surface area (Å²) >= 11 is 1.59. The Bertz CT molecular complexity index is 1410. The Hall–Kier alpha value is -3.20. The summed E-state index contributed by atoms with van der Waals surface area (Å²) in [5, 5.41) is 11.2. The maximum absolute atomic E-state index is 10.3. The molecule has 0 saturated heterocycles. The van der Waals surface area contributed by atoms with Gasteiger partial charge in [0.05, 0.1) is 10.7 Å². The van der Waals surface area contributed by atoms with E-state index in [0.29, 0.717) is 5.56 Å². The second kappa shape index (κ2) is 11.5. The predicted molar refractivity (Wildman–Crippen MR) is 138 cm³/mol. The third-order valence-corrected chi connectivity index (χ3v) is 6.61. The van der Waals surface area contributed by atoms with E-state index in [-0.39, 0.29) is 32.7 Å². The van der Waals surface area contributed by atoms with Crippen LogP contribution in [-0.4, -0.2) is 15.1 Å². The molecule has 3 nitrogen and oxygen atoms in total. The number of phenolic OH excluding ortho intramolecular Hbond substituents is 1. The van der Waals surface area contributed by atoms with E-state index < -0.39 is 0 Å². The first kappa shape index (κ1) is 24.9. The molecular weight excluding hydrogens is 631 g/mol. The van der Waals surface area contributed by atoms with E-state index in [2.05, 4.69) is 54.4 Å². The minimum absolute atomic E-state index is 0. The van der Waals surface area contributed by atoms with Crippen molar-refractivity contribution in [2.75, 3.05) is 0 Å². The maximum atomic E-state index is 10.3. The summed E-state index contributed by atoms with van der Waals surface area (Å²) in [6, 6.07) is 37.4. The summed E-state index contributed by atoms with van der Waals surface area (Å²) < 4.78 is 0. The number of rotatable bonds is 6. The van der Waals surface area contributed by atoms with Gasteiger partial charge in [0.15, 0.2) is 0 Å². The normalized spacial score (nSPS) is 11.5. The fourth-order valence-electron chi connectivity index (χ4n) is 3.89. The van der Waals surface area contributed by atoms with Gasteiger partial charge in [0.25, 0.3) is 0 Å². The SMILES string of the molecule is CC(c1ccccc1)c1cc(Sc2ccccn2)[c-]c(-c2cccc(-c3ccccc3O)n2)c1.[Pt]. The van der Waals surface area contributed by atoms with Crippen molar-refractivity contribution in [1.82, 2.24) is 9.97 Å². The van der Waals surface area contributed by atoms with Crippen molar-refractivity contribution >= 4 is 11.8 Å². The van der Waals surface area contributed by atoms with Gasteiger partial charge in [0, 0.05) is 32.8 Å². The Morgan fingerprint density at radius 2 is 1.51 bits per heavy atom. The fourth-order valence-corrected chi connectivity index (χ4v) is 4.73. The molecular formula is C30H23N2OPtS-. The predicted octanol–water partition coefficient (Wildman–Crippen LogP) is 7.62. The summed E-state index contributed by atoms with van der Waals surface area (Å²) in [7, 11) is 0. The third-order valence-electron chi connectivity index (χ3n) is 5.72. The van der Waals surface area contributed by atoms with E-state index in [1.807, 2.05) is 60.7 Å². The molecule has 1 N–H and O–H groups in total. The standard InChI is InChI=1S/C30H23N2OS.Pt/c1-21(22-10-3-2-4-11-22)23-18-24(20-25(19-23)34-30-16-7-8-17-31-30)27-13-9-14-28(32-27)26-12-5-6-15-29(26)33;/h2-19,21,33H,1H3;/q-1;. The largest absolute Gasteiger partial charge is 0.507 e. The molecule has 0 aliphatic rings. The maximum Gasteiger partial charge on any atom is 0.124 e. The van der Waals surface area contributed by atoms with Crippen LogP contribution in [0.1, 0.15) is 24.0 Å². The molecule has 0 aliphatic carbocycles. The first-order valence-electron chi connectivity index (χ1n) is 11.1. The van der Waals surface area contributed by atoms with Crippen LogP contribution in [0.4, 0.5) is 0 Å². The van der Waals surface area contributed by atoms with Crippen LogP contribution in [0.3, 0.4) is 0 Å². The van der Waals surface area contributed by atoms with E-state index >= 15 is 0 Å². The Balaban J connectivity index is 0.00000289. The van der Waals surface area contributed by atoms with E-state index in [1.54, 1.807) is 24.0 Å².